The van der Waals surface area contributed by atoms with E-state index in [2.05, 4.69) is 19.9 Å². The van der Waals surface area contributed by atoms with Crippen LogP contribution in [0.3, 0.4) is 0 Å². The van der Waals surface area contributed by atoms with Crippen LogP contribution >= 0.6 is 11.8 Å². The van der Waals surface area contributed by atoms with Crippen molar-refractivity contribution in [2.45, 2.75) is 56.4 Å². The molecule has 0 fully saturated rings. The molecule has 1 N–H and O–H groups in total. The molecule has 2 aromatic carbocycles. The van der Waals surface area contributed by atoms with E-state index >= 15 is 0 Å². The Hall–Kier alpha value is -1.52. The number of fused-ring (bicyclic) bond motifs is 1. The molecule has 3 atom stereocenters. The summed E-state index contributed by atoms with van der Waals surface area (Å²) >= 11 is 1.83. The molecule has 1 heterocycles. The summed E-state index contributed by atoms with van der Waals surface area (Å²) < 4.78 is 19.0. The average molecular weight is 389 g/mol. The van der Waals surface area contributed by atoms with E-state index in [0.29, 0.717) is 0 Å². The topological polar surface area (TPSA) is 29.5 Å². The van der Waals surface area contributed by atoms with E-state index < -0.39 is 6.10 Å². The smallest absolute Gasteiger partial charge is 0.123 e. The summed E-state index contributed by atoms with van der Waals surface area (Å²) in [6.45, 7) is 4.37. The molecule has 27 heavy (non-hydrogen) atoms. The first-order valence-corrected chi connectivity index (χ1v) is 10.8. The van der Waals surface area contributed by atoms with E-state index in [-0.39, 0.29) is 17.2 Å². The van der Waals surface area contributed by atoms with Gasteiger partial charge in [-0.15, -0.1) is 11.8 Å². The van der Waals surface area contributed by atoms with E-state index in [4.69, 9.17) is 4.74 Å². The zero-order chi connectivity index (χ0) is 19.4. The van der Waals surface area contributed by atoms with Gasteiger partial charge in [-0.05, 0) is 54.3 Å². The van der Waals surface area contributed by atoms with Crippen molar-refractivity contribution in [3.05, 3.63) is 59.4 Å². The first-order chi connectivity index (χ1) is 13.0. The first kappa shape index (κ1) is 20.2. The second-order valence-electron chi connectivity index (χ2n) is 7.49. The number of halogens is 1. The Bertz CT molecular complexity index is 761. The minimum absolute atomic E-state index is 0.161. The van der Waals surface area contributed by atoms with Gasteiger partial charge in [-0.25, -0.2) is 4.39 Å². The van der Waals surface area contributed by atoms with Crippen LogP contribution in [0.15, 0.2) is 47.4 Å². The van der Waals surface area contributed by atoms with Gasteiger partial charge in [0.25, 0.3) is 0 Å². The van der Waals surface area contributed by atoms with Crippen LogP contribution in [-0.2, 0) is 0 Å². The van der Waals surface area contributed by atoms with Crippen molar-refractivity contribution in [1.82, 2.24) is 0 Å². The van der Waals surface area contributed by atoms with Crippen molar-refractivity contribution in [3.8, 4) is 5.75 Å². The fraction of sp³-hybridized carbons (Fsp3) is 0.478. The highest BCUT2D eigenvalue weighted by molar-refractivity contribution is 7.99. The zero-order valence-electron chi connectivity index (χ0n) is 16.4. The van der Waals surface area contributed by atoms with Gasteiger partial charge in [-0.3, -0.25) is 0 Å². The Morgan fingerprint density at radius 2 is 1.93 bits per heavy atom. The van der Waals surface area contributed by atoms with Gasteiger partial charge in [-0.1, -0.05) is 38.8 Å². The monoisotopic (exact) mass is 388 g/mol. The Kier molecular flexibility index (Phi) is 6.48. The van der Waals surface area contributed by atoms with E-state index in [1.54, 1.807) is 7.11 Å². The first-order valence-electron chi connectivity index (χ1n) is 9.79. The number of unbranched alkanes of at least 4 members (excludes halogenated alkanes) is 1. The number of rotatable bonds is 6. The van der Waals surface area contributed by atoms with Crippen LogP contribution in [0.4, 0.5) is 4.39 Å². The maximum absolute atomic E-state index is 13.5. The van der Waals surface area contributed by atoms with Crippen LogP contribution in [0.2, 0.25) is 0 Å². The molecule has 1 aliphatic heterocycles. The second kappa shape index (κ2) is 8.66. The minimum atomic E-state index is -0.527. The number of aliphatic hydroxyl groups excluding tert-OH is 1. The lowest BCUT2D eigenvalue weighted by Gasteiger charge is -2.39. The molecule has 0 saturated heterocycles. The minimum Gasteiger partial charge on any atom is -0.497 e. The molecule has 0 spiro atoms. The maximum Gasteiger partial charge on any atom is 0.123 e. The predicted molar refractivity (Wildman–Crippen MR) is 110 cm³/mol. The van der Waals surface area contributed by atoms with Crippen LogP contribution in [0.25, 0.3) is 0 Å². The van der Waals surface area contributed by atoms with Crippen molar-refractivity contribution >= 4 is 11.8 Å². The van der Waals surface area contributed by atoms with Crippen molar-refractivity contribution in [3.63, 3.8) is 0 Å². The lowest BCUT2D eigenvalue weighted by Crippen LogP contribution is -2.40. The van der Waals surface area contributed by atoms with Crippen LogP contribution < -0.4 is 4.74 Å². The molecular formula is C23H29FO2S. The maximum atomic E-state index is 13.5. The third kappa shape index (κ3) is 4.02. The molecule has 2 aromatic rings. The summed E-state index contributed by atoms with van der Waals surface area (Å²) in [5.74, 6) is 1.23. The predicted octanol–water partition coefficient (Wildman–Crippen LogP) is 6.02. The molecule has 1 unspecified atom stereocenters. The largest absolute Gasteiger partial charge is 0.497 e. The summed E-state index contributed by atoms with van der Waals surface area (Å²) in [4.78, 5) is 1.18. The van der Waals surface area contributed by atoms with Gasteiger partial charge in [0.05, 0.1) is 13.2 Å². The third-order valence-corrected chi connectivity index (χ3v) is 7.37. The summed E-state index contributed by atoms with van der Waals surface area (Å²) in [5, 5.41) is 11.7. The highest BCUT2D eigenvalue weighted by Crippen LogP contribution is 2.51. The summed E-state index contributed by atoms with van der Waals surface area (Å²) in [5.41, 5.74) is 1.87. The highest BCUT2D eigenvalue weighted by atomic mass is 32.2. The number of hydrogen-bond donors (Lipinski definition) is 1. The molecule has 0 aromatic heterocycles. The van der Waals surface area contributed by atoms with Gasteiger partial charge < -0.3 is 9.84 Å². The number of aliphatic hydroxyl groups is 1. The normalized spacial score (nSPS) is 24.9. The molecule has 0 aliphatic carbocycles. The Labute approximate surface area is 166 Å². The molecule has 0 saturated carbocycles. The van der Waals surface area contributed by atoms with Crippen molar-refractivity contribution < 1.29 is 14.2 Å². The molecule has 0 bridgehead atoms. The summed E-state index contributed by atoms with van der Waals surface area (Å²) in [7, 11) is 1.66. The number of ether oxygens (including phenoxy) is 1. The van der Waals surface area contributed by atoms with Crippen molar-refractivity contribution in [2.75, 3.05) is 12.9 Å². The van der Waals surface area contributed by atoms with Crippen LogP contribution in [0.5, 0.6) is 5.75 Å². The molecule has 1 aliphatic rings. The van der Waals surface area contributed by atoms with E-state index in [1.165, 1.54) is 17.0 Å². The highest BCUT2D eigenvalue weighted by Gasteiger charge is 2.44. The second-order valence-corrected chi connectivity index (χ2v) is 8.50. The fourth-order valence-electron chi connectivity index (χ4n) is 4.13. The molecule has 4 heteroatoms. The number of hydrogen-bond acceptors (Lipinski definition) is 3. The standard InChI is InChI=1S/C23H29FO2S/c1-4-6-13-23(5-2)15-27-20-12-11-18(26-3)14-19(20)21(22(23)25)16-7-9-17(24)10-8-16/h7-12,14,21-22,25H,4-6,13,15H2,1-3H3/t21-,22?,23+/m0/s1. The molecule has 146 valence electrons. The zero-order valence-corrected chi connectivity index (χ0v) is 17.2. The van der Waals surface area contributed by atoms with Gasteiger partial charge in [0, 0.05) is 22.0 Å². The Morgan fingerprint density at radius 3 is 2.56 bits per heavy atom. The Morgan fingerprint density at radius 1 is 1.19 bits per heavy atom. The molecule has 3 rings (SSSR count). The summed E-state index contributed by atoms with van der Waals surface area (Å²) in [6.07, 6.45) is 3.60. The van der Waals surface area contributed by atoms with E-state index in [1.807, 2.05) is 36.0 Å². The number of benzene rings is 2. The lowest BCUT2D eigenvalue weighted by atomic mass is 9.69. The SMILES string of the molecule is CCCC[C@]1(CC)CSc2ccc(OC)cc2[C@H](c2ccc(F)cc2)C1O. The van der Waals surface area contributed by atoms with Crippen LogP contribution in [0.1, 0.15) is 56.6 Å². The van der Waals surface area contributed by atoms with Crippen LogP contribution in [-0.4, -0.2) is 24.1 Å². The number of thioether (sulfide) groups is 1. The quantitative estimate of drug-likeness (QED) is 0.656. The number of methoxy groups -OCH3 is 1. The van der Waals surface area contributed by atoms with Crippen molar-refractivity contribution in [1.29, 1.82) is 0 Å². The van der Waals surface area contributed by atoms with Gasteiger partial charge in [0.2, 0.25) is 0 Å². The molecular weight excluding hydrogens is 359 g/mol. The van der Waals surface area contributed by atoms with Crippen LogP contribution in [0, 0.1) is 11.2 Å². The molecule has 0 amide bonds. The summed E-state index contributed by atoms with van der Waals surface area (Å²) in [6, 6.07) is 12.7. The van der Waals surface area contributed by atoms with Gasteiger partial charge >= 0.3 is 0 Å². The average Bonchev–Trinajstić information content (AvgIpc) is 2.81. The molecule has 2 nitrogen and oxygen atoms in total. The van der Waals surface area contributed by atoms with Gasteiger partial charge in [0.1, 0.15) is 11.6 Å². The van der Waals surface area contributed by atoms with E-state index in [9.17, 15) is 9.50 Å². The lowest BCUT2D eigenvalue weighted by molar-refractivity contribution is 0.0182. The fourth-order valence-corrected chi connectivity index (χ4v) is 5.61. The van der Waals surface area contributed by atoms with Gasteiger partial charge in [0.15, 0.2) is 0 Å². The van der Waals surface area contributed by atoms with Gasteiger partial charge in [-0.2, -0.15) is 0 Å². The van der Waals surface area contributed by atoms with E-state index in [0.717, 1.165) is 48.3 Å². The Balaban J connectivity index is 2.14. The third-order valence-electron chi connectivity index (χ3n) is 5.97. The molecule has 0 radical (unpaired) electrons. The van der Waals surface area contributed by atoms with Crippen molar-refractivity contribution in [2.24, 2.45) is 5.41 Å².